The molecule has 0 aliphatic carbocycles. The van der Waals surface area contributed by atoms with Gasteiger partial charge in [-0.25, -0.2) is 0 Å². The molecule has 2 aromatic rings. The van der Waals surface area contributed by atoms with E-state index in [1.54, 1.807) is 0 Å². The Balaban J connectivity index is 2.08. The van der Waals surface area contributed by atoms with Gasteiger partial charge in [-0.15, -0.1) is 0 Å². The van der Waals surface area contributed by atoms with E-state index in [-0.39, 0.29) is 0 Å². The van der Waals surface area contributed by atoms with Crippen molar-refractivity contribution < 1.29 is 4.74 Å². The Bertz CT molecular complexity index is 484. The van der Waals surface area contributed by atoms with Gasteiger partial charge < -0.3 is 4.74 Å². The maximum atomic E-state index is 5.42. The van der Waals surface area contributed by atoms with Gasteiger partial charge in [0.1, 0.15) is 0 Å². The van der Waals surface area contributed by atoms with Crippen LogP contribution in [0.3, 0.4) is 0 Å². The van der Waals surface area contributed by atoms with Crippen molar-refractivity contribution in [1.82, 2.24) is 4.98 Å². The molecule has 0 amide bonds. The quantitative estimate of drug-likeness (QED) is 0.726. The Hall–Kier alpha value is -1.41. The number of ether oxygens (including phenoxy) is 1. The van der Waals surface area contributed by atoms with E-state index in [4.69, 9.17) is 4.74 Å². The van der Waals surface area contributed by atoms with Gasteiger partial charge in [-0.2, -0.15) is 0 Å². The summed E-state index contributed by atoms with van der Waals surface area (Å²) in [6.07, 6.45) is 4.19. The van der Waals surface area contributed by atoms with E-state index in [0.29, 0.717) is 5.92 Å². The smallest absolute Gasteiger partial charge is 0.0704 e. The molecular formula is C14H15NO. The average molecular weight is 213 g/mol. The number of para-hydroxylation sites is 1. The Morgan fingerprint density at radius 2 is 1.88 bits per heavy atom. The third-order valence-corrected chi connectivity index (χ3v) is 3.34. The van der Waals surface area contributed by atoms with Gasteiger partial charge >= 0.3 is 0 Å². The van der Waals surface area contributed by atoms with Crippen molar-refractivity contribution in [3.63, 3.8) is 0 Å². The first kappa shape index (κ1) is 9.79. The molecule has 16 heavy (non-hydrogen) atoms. The summed E-state index contributed by atoms with van der Waals surface area (Å²) in [6, 6.07) is 10.6. The van der Waals surface area contributed by atoms with Gasteiger partial charge in [-0.05, 0) is 36.5 Å². The van der Waals surface area contributed by atoms with Crippen LogP contribution in [0, 0.1) is 0 Å². The predicted octanol–water partition coefficient (Wildman–Crippen LogP) is 3.13. The summed E-state index contributed by atoms with van der Waals surface area (Å²) in [6.45, 7) is 1.78. The van der Waals surface area contributed by atoms with Crippen molar-refractivity contribution in [3.05, 3.63) is 42.1 Å². The number of benzene rings is 1. The minimum atomic E-state index is 0.640. The van der Waals surface area contributed by atoms with E-state index in [1.807, 2.05) is 12.3 Å². The van der Waals surface area contributed by atoms with Gasteiger partial charge in [0.25, 0.3) is 0 Å². The molecule has 1 fully saturated rings. The number of hydrogen-bond donors (Lipinski definition) is 0. The highest BCUT2D eigenvalue weighted by atomic mass is 16.5. The Kier molecular flexibility index (Phi) is 2.58. The fourth-order valence-electron chi connectivity index (χ4n) is 2.48. The van der Waals surface area contributed by atoms with Crippen molar-refractivity contribution in [2.45, 2.75) is 18.8 Å². The summed E-state index contributed by atoms with van der Waals surface area (Å²) in [5.41, 5.74) is 2.54. The summed E-state index contributed by atoms with van der Waals surface area (Å²) in [5.74, 6) is 0.640. The number of fused-ring (bicyclic) bond motifs is 1. The molecular weight excluding hydrogens is 198 g/mol. The van der Waals surface area contributed by atoms with Gasteiger partial charge in [0.2, 0.25) is 0 Å². The Morgan fingerprint density at radius 3 is 2.75 bits per heavy atom. The van der Waals surface area contributed by atoms with Gasteiger partial charge in [-0.1, -0.05) is 18.2 Å². The zero-order valence-electron chi connectivity index (χ0n) is 9.23. The largest absolute Gasteiger partial charge is 0.381 e. The summed E-state index contributed by atoms with van der Waals surface area (Å²) >= 11 is 0. The molecule has 2 heteroatoms. The van der Waals surface area contributed by atoms with Gasteiger partial charge in [0.15, 0.2) is 0 Å². The van der Waals surface area contributed by atoms with Crippen molar-refractivity contribution in [2.75, 3.05) is 13.2 Å². The SMILES string of the molecule is c1ccc2c(C3CCOCC3)ccnc2c1. The van der Waals surface area contributed by atoms with E-state index in [0.717, 1.165) is 31.6 Å². The lowest BCUT2D eigenvalue weighted by Crippen LogP contribution is -2.14. The van der Waals surface area contributed by atoms with Crippen LogP contribution in [0.4, 0.5) is 0 Å². The molecule has 0 radical (unpaired) electrons. The van der Waals surface area contributed by atoms with Crippen LogP contribution in [0.2, 0.25) is 0 Å². The van der Waals surface area contributed by atoms with E-state index in [1.165, 1.54) is 10.9 Å². The second-order valence-corrected chi connectivity index (χ2v) is 4.30. The first-order valence-electron chi connectivity index (χ1n) is 5.86. The van der Waals surface area contributed by atoms with Crippen molar-refractivity contribution in [1.29, 1.82) is 0 Å². The predicted molar refractivity (Wildman–Crippen MR) is 64.5 cm³/mol. The van der Waals surface area contributed by atoms with Crippen LogP contribution in [-0.4, -0.2) is 18.2 Å². The van der Waals surface area contributed by atoms with Crippen molar-refractivity contribution in [3.8, 4) is 0 Å². The van der Waals surface area contributed by atoms with Crippen LogP contribution < -0.4 is 0 Å². The third kappa shape index (κ3) is 1.69. The molecule has 3 rings (SSSR count). The highest BCUT2D eigenvalue weighted by Crippen LogP contribution is 2.31. The van der Waals surface area contributed by atoms with Crippen molar-refractivity contribution >= 4 is 10.9 Å². The fourth-order valence-corrected chi connectivity index (χ4v) is 2.48. The summed E-state index contributed by atoms with van der Waals surface area (Å²) in [4.78, 5) is 4.41. The molecule has 0 saturated carbocycles. The molecule has 0 spiro atoms. The first-order valence-corrected chi connectivity index (χ1v) is 5.86. The molecule has 0 unspecified atom stereocenters. The van der Waals surface area contributed by atoms with Crippen LogP contribution in [0.1, 0.15) is 24.3 Å². The average Bonchev–Trinajstić information content (AvgIpc) is 2.39. The van der Waals surface area contributed by atoms with Crippen LogP contribution >= 0.6 is 0 Å². The molecule has 0 bridgehead atoms. The number of hydrogen-bond acceptors (Lipinski definition) is 2. The van der Waals surface area contributed by atoms with E-state index in [2.05, 4.69) is 29.2 Å². The van der Waals surface area contributed by atoms with Crippen LogP contribution in [0.5, 0.6) is 0 Å². The standard InChI is InChI=1S/C14H15NO/c1-2-4-14-13(3-1)12(5-8-15-14)11-6-9-16-10-7-11/h1-5,8,11H,6-7,9-10H2. The molecule has 2 nitrogen and oxygen atoms in total. The minimum absolute atomic E-state index is 0.640. The van der Waals surface area contributed by atoms with E-state index in [9.17, 15) is 0 Å². The molecule has 0 atom stereocenters. The lowest BCUT2D eigenvalue weighted by atomic mass is 9.89. The molecule has 0 N–H and O–H groups in total. The normalized spacial score (nSPS) is 17.8. The molecule has 82 valence electrons. The third-order valence-electron chi connectivity index (χ3n) is 3.34. The van der Waals surface area contributed by atoms with Gasteiger partial charge in [0, 0.05) is 24.8 Å². The number of nitrogens with zero attached hydrogens (tertiary/aromatic N) is 1. The molecule has 1 aliphatic rings. The lowest BCUT2D eigenvalue weighted by Gasteiger charge is -2.23. The second kappa shape index (κ2) is 4.22. The second-order valence-electron chi connectivity index (χ2n) is 4.30. The highest BCUT2D eigenvalue weighted by Gasteiger charge is 2.17. The number of pyridine rings is 1. The fraction of sp³-hybridized carbons (Fsp3) is 0.357. The molecule has 1 aromatic heterocycles. The summed E-state index contributed by atoms with van der Waals surface area (Å²) < 4.78 is 5.42. The molecule has 1 aromatic carbocycles. The van der Waals surface area contributed by atoms with Gasteiger partial charge in [-0.3, -0.25) is 4.98 Å². The maximum Gasteiger partial charge on any atom is 0.0704 e. The summed E-state index contributed by atoms with van der Waals surface area (Å²) in [5, 5.41) is 1.30. The maximum absolute atomic E-state index is 5.42. The monoisotopic (exact) mass is 213 g/mol. The summed E-state index contributed by atoms with van der Waals surface area (Å²) in [7, 11) is 0. The first-order chi connectivity index (χ1) is 7.95. The van der Waals surface area contributed by atoms with E-state index < -0.39 is 0 Å². The highest BCUT2D eigenvalue weighted by molar-refractivity contribution is 5.82. The number of rotatable bonds is 1. The van der Waals surface area contributed by atoms with Gasteiger partial charge in [0.05, 0.1) is 5.52 Å². The van der Waals surface area contributed by atoms with Crippen molar-refractivity contribution in [2.24, 2.45) is 0 Å². The minimum Gasteiger partial charge on any atom is -0.381 e. The molecule has 2 heterocycles. The molecule has 1 aliphatic heterocycles. The zero-order valence-corrected chi connectivity index (χ0v) is 9.23. The van der Waals surface area contributed by atoms with Crippen LogP contribution in [0.25, 0.3) is 10.9 Å². The Morgan fingerprint density at radius 1 is 1.06 bits per heavy atom. The van der Waals surface area contributed by atoms with Crippen LogP contribution in [0.15, 0.2) is 36.5 Å². The Labute approximate surface area is 95.3 Å². The lowest BCUT2D eigenvalue weighted by molar-refractivity contribution is 0.0856. The van der Waals surface area contributed by atoms with E-state index >= 15 is 0 Å². The number of aromatic nitrogens is 1. The van der Waals surface area contributed by atoms with Crippen LogP contribution in [-0.2, 0) is 4.74 Å². The topological polar surface area (TPSA) is 22.1 Å². The molecule has 1 saturated heterocycles. The zero-order chi connectivity index (χ0) is 10.8.